The first-order valence-corrected chi connectivity index (χ1v) is 14.0. The second-order valence-corrected chi connectivity index (χ2v) is 12.2. The molecule has 11 heteroatoms. The summed E-state index contributed by atoms with van der Waals surface area (Å²) in [4.78, 5) is 24.4. The van der Waals surface area contributed by atoms with Gasteiger partial charge in [-0.1, -0.05) is 30.3 Å². The van der Waals surface area contributed by atoms with E-state index in [-0.39, 0.29) is 30.3 Å². The van der Waals surface area contributed by atoms with Gasteiger partial charge in [-0.25, -0.2) is 13.2 Å². The highest BCUT2D eigenvalue weighted by Gasteiger charge is 2.34. The van der Waals surface area contributed by atoms with E-state index in [1.54, 1.807) is 32.9 Å². The summed E-state index contributed by atoms with van der Waals surface area (Å²) in [5.74, 6) is 0.356. The lowest BCUT2D eigenvalue weighted by Gasteiger charge is -2.31. The molecule has 10 nitrogen and oxygen atoms in total. The van der Waals surface area contributed by atoms with E-state index in [0.717, 1.165) is 9.87 Å². The van der Waals surface area contributed by atoms with Crippen molar-refractivity contribution >= 4 is 22.0 Å². The van der Waals surface area contributed by atoms with Gasteiger partial charge in [-0.05, 0) is 63.4 Å². The smallest absolute Gasteiger partial charge is 0.407 e. The SMILES string of the molecule is COc1ccc(S(=O)(=O)N(C[C@H]2CCC(=O)N2)C[C@@H](O)[C@H](Cc2ccccc2)NC(=O)OC(C)(C)C)cc1. The molecule has 2 aromatic rings. The van der Waals surface area contributed by atoms with Gasteiger partial charge in [-0.15, -0.1) is 0 Å². The third-order valence-corrected chi connectivity index (χ3v) is 7.91. The van der Waals surface area contributed by atoms with E-state index in [4.69, 9.17) is 9.47 Å². The van der Waals surface area contributed by atoms with Crippen molar-refractivity contribution in [2.75, 3.05) is 20.2 Å². The van der Waals surface area contributed by atoms with Crippen LogP contribution in [0.15, 0.2) is 59.5 Å². The molecule has 0 radical (unpaired) electrons. The standard InChI is InChI=1S/C27H37N3O7S/c1-27(2,3)37-26(33)29-23(16-19-8-6-5-7-9-19)24(31)18-30(17-20-10-15-25(32)28-20)38(34,35)22-13-11-21(36-4)12-14-22/h5-9,11-14,20,23-24,31H,10,15-18H2,1-4H3,(H,28,32)(H,29,33)/t20-,23+,24-/m1/s1. The highest BCUT2D eigenvalue weighted by Crippen LogP contribution is 2.22. The van der Waals surface area contributed by atoms with E-state index in [2.05, 4.69) is 10.6 Å². The number of amides is 2. The Bertz CT molecular complexity index is 1180. The molecule has 1 saturated heterocycles. The zero-order valence-corrected chi connectivity index (χ0v) is 23.0. The molecule has 0 saturated carbocycles. The maximum atomic E-state index is 13.7. The summed E-state index contributed by atoms with van der Waals surface area (Å²) in [6, 6.07) is 14.0. The molecule has 1 heterocycles. The van der Waals surface area contributed by atoms with Gasteiger partial charge in [0, 0.05) is 25.6 Å². The van der Waals surface area contributed by atoms with Gasteiger partial charge in [0.1, 0.15) is 11.4 Å². The third-order valence-electron chi connectivity index (χ3n) is 6.06. The van der Waals surface area contributed by atoms with Crippen molar-refractivity contribution in [1.82, 2.24) is 14.9 Å². The lowest BCUT2D eigenvalue weighted by molar-refractivity contribution is -0.119. The maximum absolute atomic E-state index is 13.7. The summed E-state index contributed by atoms with van der Waals surface area (Å²) < 4.78 is 39.0. The number of alkyl carbamates (subject to hydrolysis) is 1. The quantitative estimate of drug-likeness (QED) is 0.393. The fraction of sp³-hybridized carbons (Fsp3) is 0.481. The Kier molecular flexibility index (Phi) is 9.75. The van der Waals surface area contributed by atoms with Crippen molar-refractivity contribution in [3.8, 4) is 5.75 Å². The Hall–Kier alpha value is -3.15. The van der Waals surface area contributed by atoms with Gasteiger partial charge in [0.05, 0.1) is 24.2 Å². The van der Waals surface area contributed by atoms with Crippen LogP contribution in [-0.2, 0) is 26.0 Å². The van der Waals surface area contributed by atoms with E-state index in [0.29, 0.717) is 18.6 Å². The molecule has 38 heavy (non-hydrogen) atoms. The summed E-state index contributed by atoms with van der Waals surface area (Å²) >= 11 is 0. The molecule has 0 unspecified atom stereocenters. The number of benzene rings is 2. The zero-order chi connectivity index (χ0) is 27.9. The predicted octanol–water partition coefficient (Wildman–Crippen LogP) is 2.46. The number of aliphatic hydroxyl groups excluding tert-OH is 1. The van der Waals surface area contributed by atoms with Crippen LogP contribution in [0, 0.1) is 0 Å². The molecule has 1 fully saturated rings. The average Bonchev–Trinajstić information content (AvgIpc) is 3.27. The largest absolute Gasteiger partial charge is 0.497 e. The molecular weight excluding hydrogens is 510 g/mol. The molecule has 3 N–H and O–H groups in total. The van der Waals surface area contributed by atoms with Crippen molar-refractivity contribution in [1.29, 1.82) is 0 Å². The third kappa shape index (κ3) is 8.44. The molecule has 0 spiro atoms. The molecule has 0 aliphatic carbocycles. The van der Waals surface area contributed by atoms with Crippen LogP contribution in [0.25, 0.3) is 0 Å². The second-order valence-electron chi connectivity index (χ2n) is 10.3. The van der Waals surface area contributed by atoms with Gasteiger partial charge in [0.25, 0.3) is 0 Å². The summed E-state index contributed by atoms with van der Waals surface area (Å²) in [6.07, 6.45) is -0.969. The number of carbonyl (C=O) groups is 2. The molecule has 2 aromatic carbocycles. The number of hydrogen-bond acceptors (Lipinski definition) is 7. The van der Waals surface area contributed by atoms with Crippen LogP contribution in [-0.4, -0.2) is 73.8 Å². The Morgan fingerprint density at radius 3 is 2.37 bits per heavy atom. The first-order valence-electron chi connectivity index (χ1n) is 12.5. The Labute approximate surface area is 224 Å². The number of carbonyl (C=O) groups excluding carboxylic acids is 2. The van der Waals surface area contributed by atoms with Crippen LogP contribution < -0.4 is 15.4 Å². The average molecular weight is 548 g/mol. The van der Waals surface area contributed by atoms with E-state index < -0.39 is 39.9 Å². The van der Waals surface area contributed by atoms with Gasteiger partial charge in [-0.3, -0.25) is 4.79 Å². The molecule has 208 valence electrons. The number of aliphatic hydroxyl groups is 1. The summed E-state index contributed by atoms with van der Waals surface area (Å²) in [7, 11) is -2.58. The Morgan fingerprint density at radius 1 is 1.16 bits per heavy atom. The molecule has 0 aromatic heterocycles. The second kappa shape index (κ2) is 12.6. The summed E-state index contributed by atoms with van der Waals surface area (Å²) in [6.45, 7) is 4.85. The minimum Gasteiger partial charge on any atom is -0.497 e. The molecule has 1 aliphatic rings. The fourth-order valence-electron chi connectivity index (χ4n) is 4.17. The highest BCUT2D eigenvalue weighted by molar-refractivity contribution is 7.89. The van der Waals surface area contributed by atoms with Crippen LogP contribution in [0.4, 0.5) is 4.79 Å². The zero-order valence-electron chi connectivity index (χ0n) is 22.2. The molecule has 3 atom stereocenters. The van der Waals surface area contributed by atoms with Crippen LogP contribution >= 0.6 is 0 Å². The summed E-state index contributed by atoms with van der Waals surface area (Å²) in [5.41, 5.74) is 0.0942. The topological polar surface area (TPSA) is 134 Å². The minimum atomic E-state index is -4.07. The van der Waals surface area contributed by atoms with E-state index in [9.17, 15) is 23.1 Å². The molecule has 3 rings (SSSR count). The Balaban J connectivity index is 1.87. The van der Waals surface area contributed by atoms with Crippen molar-refractivity contribution in [2.45, 2.75) is 68.7 Å². The van der Waals surface area contributed by atoms with Crippen LogP contribution in [0.3, 0.4) is 0 Å². The first kappa shape index (κ1) is 29.4. The van der Waals surface area contributed by atoms with Crippen LogP contribution in [0.1, 0.15) is 39.2 Å². The van der Waals surface area contributed by atoms with E-state index >= 15 is 0 Å². The first-order chi connectivity index (χ1) is 17.9. The van der Waals surface area contributed by atoms with Gasteiger partial charge in [0.15, 0.2) is 0 Å². The van der Waals surface area contributed by atoms with Crippen molar-refractivity contribution in [2.24, 2.45) is 0 Å². The number of methoxy groups -OCH3 is 1. The lowest BCUT2D eigenvalue weighted by Crippen LogP contribution is -2.53. The van der Waals surface area contributed by atoms with E-state index in [1.165, 1.54) is 19.2 Å². The van der Waals surface area contributed by atoms with Gasteiger partial charge >= 0.3 is 6.09 Å². The minimum absolute atomic E-state index is 0.0227. The normalized spacial score (nSPS) is 17.5. The number of nitrogens with one attached hydrogen (secondary N) is 2. The number of ether oxygens (including phenoxy) is 2. The fourth-order valence-corrected chi connectivity index (χ4v) is 5.68. The number of hydrogen-bond donors (Lipinski definition) is 3. The number of sulfonamides is 1. The van der Waals surface area contributed by atoms with Crippen LogP contribution in [0.5, 0.6) is 5.75 Å². The van der Waals surface area contributed by atoms with Gasteiger partial charge in [0.2, 0.25) is 15.9 Å². The summed E-state index contributed by atoms with van der Waals surface area (Å²) in [5, 5.41) is 16.8. The van der Waals surface area contributed by atoms with Crippen LogP contribution in [0.2, 0.25) is 0 Å². The molecule has 2 amide bonds. The van der Waals surface area contributed by atoms with Gasteiger partial charge < -0.3 is 25.2 Å². The van der Waals surface area contributed by atoms with Crippen molar-refractivity contribution in [3.05, 3.63) is 60.2 Å². The molecule has 0 bridgehead atoms. The predicted molar refractivity (Wildman–Crippen MR) is 142 cm³/mol. The van der Waals surface area contributed by atoms with E-state index in [1.807, 2.05) is 30.3 Å². The number of rotatable bonds is 11. The van der Waals surface area contributed by atoms with Crippen molar-refractivity contribution in [3.63, 3.8) is 0 Å². The van der Waals surface area contributed by atoms with Gasteiger partial charge in [-0.2, -0.15) is 4.31 Å². The molecular formula is C27H37N3O7S. The molecule has 1 aliphatic heterocycles. The lowest BCUT2D eigenvalue weighted by atomic mass is 10.0. The monoisotopic (exact) mass is 547 g/mol. The Morgan fingerprint density at radius 2 is 1.82 bits per heavy atom. The highest BCUT2D eigenvalue weighted by atomic mass is 32.2. The number of nitrogens with zero attached hydrogens (tertiary/aromatic N) is 1. The van der Waals surface area contributed by atoms with Crippen molar-refractivity contribution < 1.29 is 32.6 Å². The maximum Gasteiger partial charge on any atom is 0.407 e.